The van der Waals surface area contributed by atoms with E-state index in [0.29, 0.717) is 17.7 Å². The van der Waals surface area contributed by atoms with E-state index in [9.17, 15) is 25.9 Å². The van der Waals surface area contributed by atoms with Gasteiger partial charge in [-0.25, -0.2) is 0 Å². The molecule has 0 spiro atoms. The molecule has 1 aliphatic carbocycles. The molecule has 3 atom stereocenters. The minimum Gasteiger partial charge on any atom is -0.302 e. The summed E-state index contributed by atoms with van der Waals surface area (Å²) in [6.45, 7) is 1.29. The molecule has 3 unspecified atom stereocenters. The molecule has 0 saturated carbocycles. The zero-order valence-electron chi connectivity index (χ0n) is 21.3. The molecule has 0 saturated heterocycles. The van der Waals surface area contributed by atoms with Gasteiger partial charge in [0.25, 0.3) is 24.3 Å². The van der Waals surface area contributed by atoms with Crippen LogP contribution >= 0.6 is 0 Å². The van der Waals surface area contributed by atoms with Crippen LogP contribution in [0, 0.1) is 5.92 Å². The van der Waals surface area contributed by atoms with Crippen LogP contribution in [0.15, 0.2) is 103 Å². The van der Waals surface area contributed by atoms with Crippen molar-refractivity contribution in [3.63, 3.8) is 0 Å². The Labute approximate surface area is 233 Å². The first kappa shape index (κ1) is 26.8. The number of rotatable bonds is 6. The lowest BCUT2D eigenvalue weighted by atomic mass is 9.89. The van der Waals surface area contributed by atoms with Gasteiger partial charge >= 0.3 is 0 Å². The molecular weight excluding hydrogens is 548 g/mol. The molecule has 6 rings (SSSR count). The maximum absolute atomic E-state index is 12.8. The largest absolute Gasteiger partial charge is 0.302 e. The second-order valence-corrected chi connectivity index (χ2v) is 13.8. The van der Waals surface area contributed by atoms with Crippen LogP contribution in [0.25, 0.3) is 6.08 Å². The molecule has 0 fully saturated rings. The van der Waals surface area contributed by atoms with Gasteiger partial charge in [0.15, 0.2) is 0 Å². The number of allylic oxidation sites excluding steroid dienone is 2. The summed E-state index contributed by atoms with van der Waals surface area (Å²) in [6, 6.07) is 22.9. The molecule has 3 aromatic carbocycles. The third-order valence-electron chi connectivity index (χ3n) is 7.96. The fourth-order valence-corrected chi connectivity index (χ4v) is 8.57. The van der Waals surface area contributed by atoms with Crippen molar-refractivity contribution in [2.75, 3.05) is 0 Å². The molecule has 0 radical (unpaired) electrons. The van der Waals surface area contributed by atoms with E-state index in [0.717, 1.165) is 29.3 Å². The lowest BCUT2D eigenvalue weighted by Gasteiger charge is -2.33. The SMILES string of the molecule is O=S(=O)(O)C1(S(=O)(=O)O)C=C(C2NCc3ccccc32)C=CC1C=Cc1ccc(C2NCc3ccccc32)cc1. The zero-order valence-corrected chi connectivity index (χ0v) is 22.9. The van der Waals surface area contributed by atoms with Crippen LogP contribution in [0.4, 0.5) is 0 Å². The Bertz CT molecular complexity index is 1740. The first-order valence-corrected chi connectivity index (χ1v) is 15.7. The van der Waals surface area contributed by atoms with Crippen LogP contribution < -0.4 is 10.6 Å². The Morgan fingerprint density at radius 3 is 1.90 bits per heavy atom. The van der Waals surface area contributed by atoms with E-state index >= 15 is 0 Å². The van der Waals surface area contributed by atoms with Crippen LogP contribution in [0.5, 0.6) is 0 Å². The van der Waals surface area contributed by atoms with E-state index in [1.54, 1.807) is 12.2 Å². The summed E-state index contributed by atoms with van der Waals surface area (Å²) in [6.07, 6.45) is 6.94. The van der Waals surface area contributed by atoms with E-state index in [2.05, 4.69) is 22.8 Å². The first-order chi connectivity index (χ1) is 19.1. The highest BCUT2D eigenvalue weighted by Gasteiger charge is 2.58. The van der Waals surface area contributed by atoms with Gasteiger partial charge in [-0.2, -0.15) is 16.8 Å². The van der Waals surface area contributed by atoms with E-state index in [-0.39, 0.29) is 6.04 Å². The Morgan fingerprint density at radius 1 is 0.750 bits per heavy atom. The van der Waals surface area contributed by atoms with Gasteiger partial charge in [0, 0.05) is 19.0 Å². The van der Waals surface area contributed by atoms with Crippen molar-refractivity contribution in [3.05, 3.63) is 136 Å². The van der Waals surface area contributed by atoms with E-state index < -0.39 is 36.3 Å². The summed E-state index contributed by atoms with van der Waals surface area (Å²) < 4.78 is 68.6. The van der Waals surface area contributed by atoms with Crippen molar-refractivity contribution >= 4 is 26.3 Å². The molecule has 0 aromatic heterocycles. The quantitative estimate of drug-likeness (QED) is 0.319. The molecule has 3 aromatic rings. The molecule has 2 aliphatic heterocycles. The smallest absolute Gasteiger partial charge is 0.292 e. The van der Waals surface area contributed by atoms with Crippen molar-refractivity contribution in [2.45, 2.75) is 29.3 Å². The maximum atomic E-state index is 12.8. The Balaban J connectivity index is 1.33. The highest BCUT2D eigenvalue weighted by molar-refractivity contribution is 8.05. The second-order valence-electron chi connectivity index (χ2n) is 10.3. The first-order valence-electron chi connectivity index (χ1n) is 12.8. The molecule has 40 heavy (non-hydrogen) atoms. The van der Waals surface area contributed by atoms with Crippen LogP contribution in [0.1, 0.15) is 45.5 Å². The molecule has 3 aliphatic rings. The molecule has 4 N–H and O–H groups in total. The Morgan fingerprint density at radius 2 is 1.30 bits per heavy atom. The van der Waals surface area contributed by atoms with Gasteiger partial charge in [-0.3, -0.25) is 9.11 Å². The van der Waals surface area contributed by atoms with E-state index in [4.69, 9.17) is 0 Å². The Kier molecular flexibility index (Phi) is 6.65. The van der Waals surface area contributed by atoms with Crippen molar-refractivity contribution in [2.24, 2.45) is 5.92 Å². The number of fused-ring (bicyclic) bond motifs is 2. The van der Waals surface area contributed by atoms with Gasteiger partial charge in [0.2, 0.25) is 0 Å². The fraction of sp³-hybridized carbons (Fsp3) is 0.200. The summed E-state index contributed by atoms with van der Waals surface area (Å²) in [5.41, 5.74) is 6.39. The topological polar surface area (TPSA) is 133 Å². The third kappa shape index (κ3) is 4.46. The maximum Gasteiger partial charge on any atom is 0.292 e. The van der Waals surface area contributed by atoms with Gasteiger partial charge in [-0.15, -0.1) is 0 Å². The highest BCUT2D eigenvalue weighted by atomic mass is 32.3. The number of nitrogens with one attached hydrogen (secondary N) is 2. The molecule has 8 nitrogen and oxygen atoms in total. The zero-order chi connectivity index (χ0) is 28.1. The van der Waals surface area contributed by atoms with E-state index in [1.807, 2.05) is 60.7 Å². The summed E-state index contributed by atoms with van der Waals surface area (Å²) in [5.74, 6) is -1.39. The molecule has 0 bridgehead atoms. The molecule has 206 valence electrons. The van der Waals surface area contributed by atoms with Gasteiger partial charge in [0.05, 0.1) is 12.1 Å². The van der Waals surface area contributed by atoms with Gasteiger partial charge in [-0.05, 0) is 45.0 Å². The van der Waals surface area contributed by atoms with Gasteiger partial charge < -0.3 is 10.6 Å². The second kappa shape index (κ2) is 9.91. The van der Waals surface area contributed by atoms with Crippen molar-refractivity contribution in [3.8, 4) is 0 Å². The summed E-state index contributed by atoms with van der Waals surface area (Å²) >= 11 is 0. The van der Waals surface area contributed by atoms with Gasteiger partial charge in [0.1, 0.15) is 0 Å². The Hall–Kier alpha value is -3.38. The highest BCUT2D eigenvalue weighted by Crippen LogP contribution is 2.43. The third-order valence-corrected chi connectivity index (χ3v) is 11.6. The summed E-state index contributed by atoms with van der Waals surface area (Å²) in [7, 11) is -10.7. The number of hydrogen-bond donors (Lipinski definition) is 4. The van der Waals surface area contributed by atoms with Crippen LogP contribution in [-0.4, -0.2) is 30.0 Å². The van der Waals surface area contributed by atoms with Crippen molar-refractivity contribution < 1.29 is 25.9 Å². The lowest BCUT2D eigenvalue weighted by molar-refractivity contribution is 0.423. The normalized spacial score (nSPS) is 23.6. The lowest BCUT2D eigenvalue weighted by Crippen LogP contribution is -2.50. The molecule has 0 amide bonds. The fourth-order valence-electron chi connectivity index (χ4n) is 5.94. The molecule has 10 heteroatoms. The summed E-state index contributed by atoms with van der Waals surface area (Å²) in [5, 5.41) is 6.74. The average molecular weight is 577 g/mol. The molecule has 2 heterocycles. The number of benzene rings is 3. The number of hydrogen-bond acceptors (Lipinski definition) is 6. The predicted octanol–water partition coefficient (Wildman–Crippen LogP) is 4.32. The van der Waals surface area contributed by atoms with Crippen molar-refractivity contribution in [1.29, 1.82) is 0 Å². The minimum atomic E-state index is -5.34. The minimum absolute atomic E-state index is 0.0557. The van der Waals surface area contributed by atoms with Crippen molar-refractivity contribution in [1.82, 2.24) is 10.6 Å². The van der Waals surface area contributed by atoms with Gasteiger partial charge in [-0.1, -0.05) is 97.1 Å². The predicted molar refractivity (Wildman–Crippen MR) is 153 cm³/mol. The standard InChI is InChI=1S/C30H28N2O6S2/c33-39(34,35)30(40(36,37)38)17-22(29-27-8-4-2-6-24(27)19-32-29)14-16-25(30)15-11-20-9-12-21(13-10-20)28-26-7-3-1-5-23(26)18-31-28/h1-17,25,28-29,31-32H,18-19H2,(H,33,34,35)(H,36,37,38). The van der Waals surface area contributed by atoms with Crippen LogP contribution in [0.3, 0.4) is 0 Å². The average Bonchev–Trinajstić information content (AvgIpc) is 3.56. The summed E-state index contributed by atoms with van der Waals surface area (Å²) in [4.78, 5) is 0. The monoisotopic (exact) mass is 576 g/mol. The van der Waals surface area contributed by atoms with Crippen LogP contribution in [0.2, 0.25) is 0 Å². The van der Waals surface area contributed by atoms with Crippen LogP contribution in [-0.2, 0) is 33.3 Å². The molecular formula is C30H28N2O6S2. The van der Waals surface area contributed by atoms with E-state index in [1.165, 1.54) is 23.3 Å².